The molecule has 0 saturated heterocycles. The smallest absolute Gasteiger partial charge is 0.129 e. The van der Waals surface area contributed by atoms with Gasteiger partial charge in [-0.1, -0.05) is 51.3 Å². The first kappa shape index (κ1) is 13.8. The quantitative estimate of drug-likeness (QED) is 0.816. The van der Waals surface area contributed by atoms with Crippen LogP contribution in [-0.4, -0.2) is 0 Å². The zero-order valence-electron chi connectivity index (χ0n) is 9.13. The fraction of sp³-hybridized carbons (Fsp3) is 0.0769. The highest BCUT2D eigenvalue weighted by Gasteiger charge is 2.19. The summed E-state index contributed by atoms with van der Waals surface area (Å²) in [7, 11) is 0. The van der Waals surface area contributed by atoms with Gasteiger partial charge in [-0.2, -0.15) is 0 Å². The normalized spacial score (nSPS) is 12.5. The third-order valence-electron chi connectivity index (χ3n) is 2.61. The van der Waals surface area contributed by atoms with Crippen LogP contribution in [0, 0.1) is 5.82 Å². The summed E-state index contributed by atoms with van der Waals surface area (Å²) in [5.74, 6) is -0.372. The van der Waals surface area contributed by atoms with Crippen LogP contribution in [0.5, 0.6) is 0 Å². The number of halogens is 4. The predicted octanol–water partition coefficient (Wildman–Crippen LogP) is 4.94. The van der Waals surface area contributed by atoms with Gasteiger partial charge in [0.15, 0.2) is 0 Å². The topological polar surface area (TPSA) is 26.0 Å². The minimum absolute atomic E-state index is 0.372. The second-order valence-corrected chi connectivity index (χ2v) is 5.48. The monoisotopic (exact) mass is 347 g/mol. The van der Waals surface area contributed by atoms with E-state index in [2.05, 4.69) is 15.9 Å². The van der Waals surface area contributed by atoms with Crippen LogP contribution >= 0.6 is 39.1 Å². The van der Waals surface area contributed by atoms with E-state index in [0.29, 0.717) is 25.6 Å². The Morgan fingerprint density at radius 3 is 2.50 bits per heavy atom. The summed E-state index contributed by atoms with van der Waals surface area (Å²) < 4.78 is 14.4. The molecular weight excluding hydrogens is 340 g/mol. The maximum atomic E-state index is 13.8. The molecule has 0 saturated carbocycles. The lowest BCUT2D eigenvalue weighted by Crippen LogP contribution is -2.14. The van der Waals surface area contributed by atoms with Gasteiger partial charge in [0.05, 0.1) is 6.04 Å². The molecule has 18 heavy (non-hydrogen) atoms. The molecule has 2 aromatic rings. The molecule has 0 spiro atoms. The van der Waals surface area contributed by atoms with Gasteiger partial charge in [-0.25, -0.2) is 4.39 Å². The van der Waals surface area contributed by atoms with Crippen molar-refractivity contribution < 1.29 is 4.39 Å². The molecule has 1 nitrogen and oxygen atoms in total. The molecular formula is C13H9BrCl2FN. The fourth-order valence-corrected chi connectivity index (χ4v) is 2.83. The molecule has 0 aliphatic carbocycles. The van der Waals surface area contributed by atoms with E-state index >= 15 is 0 Å². The lowest BCUT2D eigenvalue weighted by Gasteiger charge is -2.16. The summed E-state index contributed by atoms with van der Waals surface area (Å²) in [6.45, 7) is 0. The number of benzene rings is 2. The van der Waals surface area contributed by atoms with Crippen molar-refractivity contribution in [2.75, 3.05) is 0 Å². The number of rotatable bonds is 2. The highest BCUT2D eigenvalue weighted by Crippen LogP contribution is 2.33. The molecule has 2 rings (SSSR count). The Balaban J connectivity index is 2.51. The molecule has 0 amide bonds. The van der Waals surface area contributed by atoms with Gasteiger partial charge < -0.3 is 5.73 Å². The van der Waals surface area contributed by atoms with Crippen molar-refractivity contribution in [1.29, 1.82) is 0 Å². The third-order valence-corrected chi connectivity index (χ3v) is 3.86. The lowest BCUT2D eigenvalue weighted by molar-refractivity contribution is 0.598. The Bertz CT molecular complexity index is 569. The second kappa shape index (κ2) is 5.57. The molecule has 1 atom stereocenters. The van der Waals surface area contributed by atoms with E-state index in [4.69, 9.17) is 28.9 Å². The largest absolute Gasteiger partial charge is 0.320 e. The molecule has 0 heterocycles. The molecule has 5 heteroatoms. The van der Waals surface area contributed by atoms with Crippen LogP contribution in [0.2, 0.25) is 10.0 Å². The molecule has 0 radical (unpaired) electrons. The van der Waals surface area contributed by atoms with E-state index in [-0.39, 0.29) is 5.82 Å². The van der Waals surface area contributed by atoms with Gasteiger partial charge in [-0.05, 0) is 29.8 Å². The van der Waals surface area contributed by atoms with E-state index in [1.165, 1.54) is 6.07 Å². The second-order valence-electron chi connectivity index (χ2n) is 3.78. The standard InChI is InChI=1S/C13H9BrCl2FN/c14-9-2-1-3-11(17)12(9)13(18)8-5-4-7(15)6-10(8)16/h1-6,13H,18H2. The number of nitrogens with two attached hydrogens (primary N) is 1. The van der Waals surface area contributed by atoms with Crippen LogP contribution in [-0.2, 0) is 0 Å². The van der Waals surface area contributed by atoms with E-state index < -0.39 is 6.04 Å². The van der Waals surface area contributed by atoms with Crippen molar-refractivity contribution in [1.82, 2.24) is 0 Å². The van der Waals surface area contributed by atoms with E-state index in [0.717, 1.165) is 0 Å². The summed E-state index contributed by atoms with van der Waals surface area (Å²) in [4.78, 5) is 0. The first-order valence-corrected chi connectivity index (χ1v) is 6.70. The Morgan fingerprint density at radius 2 is 1.89 bits per heavy atom. The maximum absolute atomic E-state index is 13.8. The van der Waals surface area contributed by atoms with Gasteiger partial charge in [0, 0.05) is 20.1 Å². The van der Waals surface area contributed by atoms with Gasteiger partial charge >= 0.3 is 0 Å². The van der Waals surface area contributed by atoms with Gasteiger partial charge in [0.25, 0.3) is 0 Å². The Hall–Kier alpha value is -0.610. The SMILES string of the molecule is NC(c1ccc(Cl)cc1Cl)c1c(F)cccc1Br. The van der Waals surface area contributed by atoms with Crippen LogP contribution < -0.4 is 5.73 Å². The van der Waals surface area contributed by atoms with Crippen LogP contribution in [0.1, 0.15) is 17.2 Å². The van der Waals surface area contributed by atoms with Crippen LogP contribution in [0.3, 0.4) is 0 Å². The minimum Gasteiger partial charge on any atom is -0.320 e. The third kappa shape index (κ3) is 2.69. The molecule has 0 aromatic heterocycles. The van der Waals surface area contributed by atoms with Crippen LogP contribution in [0.4, 0.5) is 4.39 Å². The number of hydrogen-bond donors (Lipinski definition) is 1. The predicted molar refractivity (Wildman–Crippen MR) is 76.6 cm³/mol. The van der Waals surface area contributed by atoms with Crippen LogP contribution in [0.15, 0.2) is 40.9 Å². The van der Waals surface area contributed by atoms with Crippen molar-refractivity contribution in [2.24, 2.45) is 5.73 Å². The van der Waals surface area contributed by atoms with Crippen molar-refractivity contribution in [3.05, 3.63) is 67.9 Å². The molecule has 0 fully saturated rings. The summed E-state index contributed by atoms with van der Waals surface area (Å²) >= 11 is 15.2. The first-order valence-electron chi connectivity index (χ1n) is 5.15. The minimum atomic E-state index is -0.648. The Morgan fingerprint density at radius 1 is 1.17 bits per heavy atom. The average molecular weight is 349 g/mol. The van der Waals surface area contributed by atoms with Gasteiger partial charge in [-0.15, -0.1) is 0 Å². The van der Waals surface area contributed by atoms with E-state index in [9.17, 15) is 4.39 Å². The zero-order chi connectivity index (χ0) is 13.3. The summed E-state index contributed by atoms with van der Waals surface area (Å²) in [5.41, 5.74) is 7.08. The molecule has 0 aliphatic heterocycles. The van der Waals surface area contributed by atoms with Crippen molar-refractivity contribution in [2.45, 2.75) is 6.04 Å². The van der Waals surface area contributed by atoms with E-state index in [1.54, 1.807) is 30.3 Å². The summed E-state index contributed by atoms with van der Waals surface area (Å²) in [6, 6.07) is 9.04. The van der Waals surface area contributed by atoms with Crippen molar-refractivity contribution in [3.8, 4) is 0 Å². The first-order chi connectivity index (χ1) is 8.50. The molecule has 1 unspecified atom stereocenters. The fourth-order valence-electron chi connectivity index (χ4n) is 1.72. The molecule has 0 bridgehead atoms. The Labute approximate surface area is 123 Å². The molecule has 2 aromatic carbocycles. The van der Waals surface area contributed by atoms with Crippen molar-refractivity contribution >= 4 is 39.1 Å². The highest BCUT2D eigenvalue weighted by molar-refractivity contribution is 9.10. The highest BCUT2D eigenvalue weighted by atomic mass is 79.9. The summed E-state index contributed by atoms with van der Waals surface area (Å²) in [6.07, 6.45) is 0. The maximum Gasteiger partial charge on any atom is 0.129 e. The number of hydrogen-bond acceptors (Lipinski definition) is 1. The zero-order valence-corrected chi connectivity index (χ0v) is 12.2. The Kier molecular flexibility index (Phi) is 4.28. The van der Waals surface area contributed by atoms with E-state index in [1.807, 2.05) is 0 Å². The van der Waals surface area contributed by atoms with Crippen molar-refractivity contribution in [3.63, 3.8) is 0 Å². The van der Waals surface area contributed by atoms with Gasteiger partial charge in [0.1, 0.15) is 5.82 Å². The molecule has 0 aliphatic rings. The lowest BCUT2D eigenvalue weighted by atomic mass is 9.99. The van der Waals surface area contributed by atoms with Gasteiger partial charge in [0.2, 0.25) is 0 Å². The van der Waals surface area contributed by atoms with Crippen LogP contribution in [0.25, 0.3) is 0 Å². The average Bonchev–Trinajstić information content (AvgIpc) is 2.28. The summed E-state index contributed by atoms with van der Waals surface area (Å²) in [5, 5.41) is 0.939. The van der Waals surface area contributed by atoms with Gasteiger partial charge in [-0.3, -0.25) is 0 Å². The molecule has 2 N–H and O–H groups in total. The molecule has 94 valence electrons.